The third-order valence-electron chi connectivity index (χ3n) is 2.08. The van der Waals surface area contributed by atoms with E-state index in [2.05, 4.69) is 6.07 Å². The first kappa shape index (κ1) is 8.79. The van der Waals surface area contributed by atoms with Gasteiger partial charge in [0.1, 0.15) is 5.75 Å². The number of nitrogen functional groups attached to an aromatic ring is 1. The highest BCUT2D eigenvalue weighted by Gasteiger charge is 2.20. The van der Waals surface area contributed by atoms with Crippen LogP contribution in [0.3, 0.4) is 0 Å². The highest BCUT2D eigenvalue weighted by molar-refractivity contribution is 7.66. The molecular formula is C9H12NO2P. The molecule has 0 aromatic heterocycles. The van der Waals surface area contributed by atoms with E-state index in [1.807, 2.05) is 12.1 Å². The summed E-state index contributed by atoms with van der Waals surface area (Å²) in [6, 6.07) is 5.98. The third-order valence-corrected chi connectivity index (χ3v) is 4.07. The van der Waals surface area contributed by atoms with Crippen molar-refractivity contribution in [2.75, 3.05) is 25.5 Å². The zero-order valence-electron chi connectivity index (χ0n) is 7.49. The number of rotatable bonds is 2. The van der Waals surface area contributed by atoms with Gasteiger partial charge in [0.25, 0.3) is 0 Å². The molecule has 1 saturated heterocycles. The lowest BCUT2D eigenvalue weighted by Gasteiger charge is -2.27. The molecule has 0 spiro atoms. The predicted octanol–water partition coefficient (Wildman–Crippen LogP) is 1.33. The van der Waals surface area contributed by atoms with Crippen LogP contribution in [0.2, 0.25) is 0 Å². The first-order valence-electron chi connectivity index (χ1n) is 4.07. The fraction of sp³-hybridized carbons (Fsp3) is 0.333. The molecule has 0 amide bonds. The molecule has 0 bridgehead atoms. The zero-order valence-corrected chi connectivity index (χ0v) is 8.38. The van der Waals surface area contributed by atoms with E-state index in [1.165, 1.54) is 5.30 Å². The summed E-state index contributed by atoms with van der Waals surface area (Å²) in [4.78, 5) is 0. The Labute approximate surface area is 78.6 Å². The molecule has 4 heteroatoms. The molecule has 0 saturated carbocycles. The van der Waals surface area contributed by atoms with Gasteiger partial charge in [-0.25, -0.2) is 0 Å². The first-order chi connectivity index (χ1) is 6.31. The summed E-state index contributed by atoms with van der Waals surface area (Å²) in [6.45, 7) is 0. The molecule has 2 rings (SSSR count). The normalized spacial score (nSPS) is 16.7. The minimum atomic E-state index is -0.0850. The predicted molar refractivity (Wildman–Crippen MR) is 54.8 cm³/mol. The van der Waals surface area contributed by atoms with Crippen molar-refractivity contribution in [3.8, 4) is 5.75 Å². The van der Waals surface area contributed by atoms with Gasteiger partial charge in [0.2, 0.25) is 0 Å². The van der Waals surface area contributed by atoms with Gasteiger partial charge in [-0.1, -0.05) is 6.07 Å². The first-order valence-corrected chi connectivity index (χ1v) is 5.78. The van der Waals surface area contributed by atoms with Crippen LogP contribution >= 0.6 is 7.92 Å². The van der Waals surface area contributed by atoms with Crippen LogP contribution in [0.15, 0.2) is 18.2 Å². The third kappa shape index (κ3) is 1.62. The lowest BCUT2D eigenvalue weighted by molar-refractivity contribution is 0.195. The van der Waals surface area contributed by atoms with Crippen molar-refractivity contribution in [1.29, 1.82) is 0 Å². The molecule has 13 heavy (non-hydrogen) atoms. The van der Waals surface area contributed by atoms with Crippen LogP contribution in [0.5, 0.6) is 5.75 Å². The molecule has 70 valence electrons. The van der Waals surface area contributed by atoms with E-state index >= 15 is 0 Å². The second kappa shape index (κ2) is 3.52. The number of anilines is 1. The van der Waals surface area contributed by atoms with E-state index in [9.17, 15) is 0 Å². The smallest absolute Gasteiger partial charge is 0.142 e. The Hall–Kier alpha value is -0.790. The van der Waals surface area contributed by atoms with E-state index in [0.717, 1.165) is 18.4 Å². The van der Waals surface area contributed by atoms with Crippen molar-refractivity contribution < 1.29 is 9.47 Å². The standard InChI is InChI=1S/C9H12NO2P/c1-11-9-4-7(2-3-8(9)10)13-5-12-6-13/h2-4H,5-6,10H2,1H3. The molecule has 0 aliphatic carbocycles. The van der Waals surface area contributed by atoms with Gasteiger partial charge in [-0.2, -0.15) is 0 Å². The lowest BCUT2D eigenvalue weighted by atomic mass is 10.3. The van der Waals surface area contributed by atoms with E-state index in [4.69, 9.17) is 15.2 Å². The van der Waals surface area contributed by atoms with Gasteiger partial charge in [-0.05, 0) is 25.4 Å². The highest BCUT2D eigenvalue weighted by atomic mass is 31.1. The average Bonchev–Trinajstić information content (AvgIpc) is 2.05. The SMILES string of the molecule is COc1cc(P2COC2)ccc1N. The van der Waals surface area contributed by atoms with Crippen LogP contribution in [-0.2, 0) is 4.74 Å². The fourth-order valence-corrected chi connectivity index (χ4v) is 2.48. The molecule has 1 aliphatic heterocycles. The Bertz CT molecular complexity index is 312. The maximum atomic E-state index is 5.71. The largest absolute Gasteiger partial charge is 0.495 e. The summed E-state index contributed by atoms with van der Waals surface area (Å²) >= 11 is 0. The molecular weight excluding hydrogens is 185 g/mol. The van der Waals surface area contributed by atoms with Crippen molar-refractivity contribution >= 4 is 18.9 Å². The average molecular weight is 197 g/mol. The monoisotopic (exact) mass is 197 g/mol. The van der Waals surface area contributed by atoms with Crippen molar-refractivity contribution in [3.63, 3.8) is 0 Å². The van der Waals surface area contributed by atoms with Crippen molar-refractivity contribution in [2.24, 2.45) is 0 Å². The number of methoxy groups -OCH3 is 1. The summed E-state index contributed by atoms with van der Waals surface area (Å²) in [5, 5.41) is 1.31. The summed E-state index contributed by atoms with van der Waals surface area (Å²) in [5.41, 5.74) is 6.41. The van der Waals surface area contributed by atoms with Gasteiger partial charge >= 0.3 is 0 Å². The second-order valence-electron chi connectivity index (χ2n) is 2.93. The van der Waals surface area contributed by atoms with Crippen LogP contribution in [0.4, 0.5) is 5.69 Å². The summed E-state index contributed by atoms with van der Waals surface area (Å²) in [5.74, 6) is 0.770. The Morgan fingerprint density at radius 3 is 2.77 bits per heavy atom. The Morgan fingerprint density at radius 1 is 1.46 bits per heavy atom. The van der Waals surface area contributed by atoms with Crippen LogP contribution in [-0.4, -0.2) is 19.8 Å². The minimum absolute atomic E-state index is 0.0850. The Morgan fingerprint density at radius 2 is 2.23 bits per heavy atom. The molecule has 0 radical (unpaired) electrons. The fourth-order valence-electron chi connectivity index (χ4n) is 1.23. The number of nitrogens with two attached hydrogens (primary N) is 1. The molecule has 0 atom stereocenters. The number of hydrogen-bond acceptors (Lipinski definition) is 3. The lowest BCUT2D eigenvalue weighted by Crippen LogP contribution is -2.18. The molecule has 1 aromatic carbocycles. The minimum Gasteiger partial charge on any atom is -0.495 e. The second-order valence-corrected chi connectivity index (χ2v) is 5.04. The Kier molecular flexibility index (Phi) is 2.38. The molecule has 2 N–H and O–H groups in total. The van der Waals surface area contributed by atoms with Gasteiger partial charge in [-0.3, -0.25) is 0 Å². The summed E-state index contributed by atoms with van der Waals surface area (Å²) in [6.07, 6.45) is 1.75. The van der Waals surface area contributed by atoms with E-state index in [0.29, 0.717) is 5.69 Å². The van der Waals surface area contributed by atoms with Crippen LogP contribution in [0, 0.1) is 0 Å². The highest BCUT2D eigenvalue weighted by Crippen LogP contribution is 2.43. The van der Waals surface area contributed by atoms with Crippen LogP contribution < -0.4 is 15.8 Å². The van der Waals surface area contributed by atoms with Crippen molar-refractivity contribution in [3.05, 3.63) is 18.2 Å². The van der Waals surface area contributed by atoms with Crippen LogP contribution in [0.1, 0.15) is 0 Å². The molecule has 1 heterocycles. The van der Waals surface area contributed by atoms with E-state index in [-0.39, 0.29) is 7.92 Å². The number of hydrogen-bond donors (Lipinski definition) is 1. The molecule has 3 nitrogen and oxygen atoms in total. The number of benzene rings is 1. The van der Waals surface area contributed by atoms with Crippen molar-refractivity contribution in [2.45, 2.75) is 0 Å². The number of ether oxygens (including phenoxy) is 2. The Balaban J connectivity index is 2.26. The van der Waals surface area contributed by atoms with E-state index < -0.39 is 0 Å². The molecule has 1 aromatic rings. The van der Waals surface area contributed by atoms with E-state index in [1.54, 1.807) is 7.11 Å². The van der Waals surface area contributed by atoms with Gasteiger partial charge in [0.15, 0.2) is 0 Å². The summed E-state index contributed by atoms with van der Waals surface area (Å²) < 4.78 is 10.3. The zero-order chi connectivity index (χ0) is 9.26. The topological polar surface area (TPSA) is 44.5 Å². The van der Waals surface area contributed by atoms with Gasteiger partial charge in [0.05, 0.1) is 25.5 Å². The van der Waals surface area contributed by atoms with Crippen LogP contribution in [0.25, 0.3) is 0 Å². The quantitative estimate of drug-likeness (QED) is 0.574. The van der Waals surface area contributed by atoms with Gasteiger partial charge < -0.3 is 15.2 Å². The molecule has 1 fully saturated rings. The maximum absolute atomic E-state index is 5.71. The summed E-state index contributed by atoms with van der Waals surface area (Å²) in [7, 11) is 1.55. The molecule has 0 unspecified atom stereocenters. The molecule has 1 aliphatic rings. The van der Waals surface area contributed by atoms with Gasteiger partial charge in [0, 0.05) is 0 Å². The van der Waals surface area contributed by atoms with Crippen molar-refractivity contribution in [1.82, 2.24) is 0 Å². The maximum Gasteiger partial charge on any atom is 0.142 e. The van der Waals surface area contributed by atoms with Gasteiger partial charge in [-0.15, -0.1) is 0 Å².